The Balaban J connectivity index is 1.80. The van der Waals surface area contributed by atoms with E-state index in [-0.39, 0.29) is 28.6 Å². The Morgan fingerprint density at radius 1 is 0.921 bits per heavy atom. The molecular formula is C28H25ClN4O5. The molecule has 3 N–H and O–H groups in total. The highest BCUT2D eigenvalue weighted by atomic mass is 35.5. The Morgan fingerprint density at radius 2 is 1.66 bits per heavy atom. The fourth-order valence-corrected chi connectivity index (χ4v) is 4.02. The first-order valence-electron chi connectivity index (χ1n) is 11.5. The van der Waals surface area contributed by atoms with Crippen LogP contribution in [0.5, 0.6) is 17.2 Å². The molecule has 4 rings (SSSR count). The third-order valence-electron chi connectivity index (χ3n) is 5.89. The normalized spacial score (nSPS) is 11.0. The lowest BCUT2D eigenvalue weighted by atomic mass is 10.0. The van der Waals surface area contributed by atoms with Gasteiger partial charge in [0.1, 0.15) is 22.9 Å². The molecule has 2 amide bonds. The molecule has 0 fully saturated rings. The number of halogens is 1. The summed E-state index contributed by atoms with van der Waals surface area (Å²) >= 11 is 6.19. The quantitative estimate of drug-likeness (QED) is 0.233. The van der Waals surface area contributed by atoms with Crippen molar-refractivity contribution in [2.75, 3.05) is 26.6 Å². The van der Waals surface area contributed by atoms with Crippen molar-refractivity contribution in [3.8, 4) is 17.2 Å². The summed E-state index contributed by atoms with van der Waals surface area (Å²) in [7, 11) is 4.46. The number of phenolic OH excluding ortho intramolecular Hbond substituents is 1. The van der Waals surface area contributed by atoms with Crippen molar-refractivity contribution in [3.05, 3.63) is 82.4 Å². The molecule has 0 aliphatic carbocycles. The second-order valence-electron chi connectivity index (χ2n) is 8.26. The number of amides is 2. The Morgan fingerprint density at radius 3 is 2.37 bits per heavy atom. The molecule has 0 aromatic heterocycles. The number of azo groups is 1. The second-order valence-corrected chi connectivity index (χ2v) is 8.67. The summed E-state index contributed by atoms with van der Waals surface area (Å²) in [5.74, 6) is -0.495. The van der Waals surface area contributed by atoms with E-state index in [2.05, 4.69) is 20.9 Å². The van der Waals surface area contributed by atoms with E-state index in [0.717, 1.165) is 5.56 Å². The minimum absolute atomic E-state index is 0.0154. The molecule has 0 saturated carbocycles. The van der Waals surface area contributed by atoms with Crippen molar-refractivity contribution >= 4 is 51.2 Å². The molecule has 194 valence electrons. The number of nitrogens with zero attached hydrogens (tertiary/aromatic N) is 2. The number of methoxy groups -OCH3 is 2. The Hall–Kier alpha value is -4.63. The van der Waals surface area contributed by atoms with Gasteiger partial charge in [0.15, 0.2) is 5.75 Å². The monoisotopic (exact) mass is 532 g/mol. The predicted molar refractivity (Wildman–Crippen MR) is 147 cm³/mol. The van der Waals surface area contributed by atoms with Crippen LogP contribution >= 0.6 is 11.6 Å². The molecule has 0 aliphatic rings. The first-order valence-corrected chi connectivity index (χ1v) is 11.9. The van der Waals surface area contributed by atoms with Gasteiger partial charge in [0.25, 0.3) is 11.8 Å². The van der Waals surface area contributed by atoms with Crippen LogP contribution in [-0.4, -0.2) is 38.2 Å². The summed E-state index contributed by atoms with van der Waals surface area (Å²) in [4.78, 5) is 25.4. The van der Waals surface area contributed by atoms with E-state index in [0.29, 0.717) is 38.5 Å². The van der Waals surface area contributed by atoms with Crippen molar-refractivity contribution < 1.29 is 24.2 Å². The van der Waals surface area contributed by atoms with Gasteiger partial charge < -0.3 is 25.2 Å². The fourth-order valence-electron chi connectivity index (χ4n) is 3.87. The van der Waals surface area contributed by atoms with Gasteiger partial charge in [-0.2, -0.15) is 0 Å². The first-order chi connectivity index (χ1) is 18.3. The second kappa shape index (κ2) is 11.2. The third kappa shape index (κ3) is 5.23. The molecule has 10 heteroatoms. The molecule has 0 saturated heterocycles. The van der Waals surface area contributed by atoms with E-state index in [1.165, 1.54) is 27.3 Å². The van der Waals surface area contributed by atoms with Crippen LogP contribution in [0.2, 0.25) is 5.02 Å². The number of rotatable bonds is 7. The van der Waals surface area contributed by atoms with Gasteiger partial charge in [-0.3, -0.25) is 9.59 Å². The molecule has 0 heterocycles. The van der Waals surface area contributed by atoms with E-state index in [1.807, 2.05) is 6.07 Å². The van der Waals surface area contributed by atoms with Crippen LogP contribution in [-0.2, 0) is 0 Å². The predicted octanol–water partition coefficient (Wildman–Crippen LogP) is 6.55. The molecule has 0 spiro atoms. The molecule has 38 heavy (non-hydrogen) atoms. The lowest BCUT2D eigenvalue weighted by molar-refractivity contribution is 0.0962. The van der Waals surface area contributed by atoms with Crippen molar-refractivity contribution in [2.45, 2.75) is 6.92 Å². The smallest absolute Gasteiger partial charge is 0.259 e. The lowest BCUT2D eigenvalue weighted by Crippen LogP contribution is -2.17. The number of hydrogen-bond acceptors (Lipinski definition) is 7. The third-order valence-corrected chi connectivity index (χ3v) is 6.30. The number of fused-ring (bicyclic) bond motifs is 1. The molecule has 0 bridgehead atoms. The number of carbonyl (C=O) groups excluding carboxylic acids is 2. The van der Waals surface area contributed by atoms with Crippen molar-refractivity contribution in [3.63, 3.8) is 0 Å². The number of anilines is 1. The van der Waals surface area contributed by atoms with Gasteiger partial charge >= 0.3 is 0 Å². The average molecular weight is 533 g/mol. The zero-order valence-corrected chi connectivity index (χ0v) is 21.9. The first kappa shape index (κ1) is 26.4. The summed E-state index contributed by atoms with van der Waals surface area (Å²) in [5.41, 5.74) is 1.84. The lowest BCUT2D eigenvalue weighted by Gasteiger charge is -2.14. The number of phenols is 1. The maximum Gasteiger partial charge on any atom is 0.259 e. The zero-order chi connectivity index (χ0) is 27.4. The van der Waals surface area contributed by atoms with Gasteiger partial charge in [0, 0.05) is 29.1 Å². The van der Waals surface area contributed by atoms with Crippen LogP contribution in [0.1, 0.15) is 26.3 Å². The van der Waals surface area contributed by atoms with E-state index in [1.54, 1.807) is 55.5 Å². The van der Waals surface area contributed by atoms with E-state index in [9.17, 15) is 14.7 Å². The van der Waals surface area contributed by atoms with Crippen molar-refractivity contribution in [2.24, 2.45) is 10.2 Å². The molecule has 0 atom stereocenters. The highest BCUT2D eigenvalue weighted by molar-refractivity contribution is 6.31. The number of benzene rings is 4. The van der Waals surface area contributed by atoms with Crippen LogP contribution in [0.4, 0.5) is 17.1 Å². The van der Waals surface area contributed by atoms with Crippen LogP contribution in [0, 0.1) is 6.92 Å². The van der Waals surface area contributed by atoms with Gasteiger partial charge in [0.2, 0.25) is 0 Å². The van der Waals surface area contributed by atoms with Crippen LogP contribution < -0.4 is 20.1 Å². The van der Waals surface area contributed by atoms with Crippen molar-refractivity contribution in [1.29, 1.82) is 0 Å². The maximum absolute atomic E-state index is 13.3. The van der Waals surface area contributed by atoms with Gasteiger partial charge in [-0.1, -0.05) is 35.9 Å². The number of carbonyl (C=O) groups is 2. The highest BCUT2D eigenvalue weighted by Crippen LogP contribution is 2.41. The number of hydrogen-bond donors (Lipinski definition) is 3. The van der Waals surface area contributed by atoms with Crippen LogP contribution in [0.25, 0.3) is 10.8 Å². The molecule has 4 aromatic rings. The average Bonchev–Trinajstić information content (AvgIpc) is 2.93. The zero-order valence-electron chi connectivity index (χ0n) is 21.1. The minimum atomic E-state index is -0.580. The van der Waals surface area contributed by atoms with Gasteiger partial charge in [-0.05, 0) is 48.2 Å². The largest absolute Gasteiger partial charge is 0.505 e. The van der Waals surface area contributed by atoms with Crippen LogP contribution in [0.15, 0.2) is 70.9 Å². The van der Waals surface area contributed by atoms with Gasteiger partial charge in [-0.25, -0.2) is 0 Å². The molecule has 0 unspecified atom stereocenters. The molecule has 9 nitrogen and oxygen atoms in total. The standard InChI is InChI=1S/C28H25ClN4O5/c1-15-11-21(24(38-4)14-20(15)29)31-28(36)19-12-16-7-5-6-8-18(16)25(26(19)34)33-32-22-13-17(27(35)30-2)9-10-23(22)37-3/h5-14,34H,1-4H3,(H,30,35)(H,31,36). The fraction of sp³-hybridized carbons (Fsp3) is 0.143. The van der Waals surface area contributed by atoms with Crippen molar-refractivity contribution in [1.82, 2.24) is 5.32 Å². The molecule has 4 aromatic carbocycles. The highest BCUT2D eigenvalue weighted by Gasteiger charge is 2.20. The molecule has 0 radical (unpaired) electrons. The van der Waals surface area contributed by atoms with Gasteiger partial charge in [-0.15, -0.1) is 10.2 Å². The molecule has 0 aliphatic heterocycles. The Kier molecular flexibility index (Phi) is 7.78. The number of ether oxygens (including phenoxy) is 2. The maximum atomic E-state index is 13.3. The summed E-state index contributed by atoms with van der Waals surface area (Å²) in [6.07, 6.45) is 0. The summed E-state index contributed by atoms with van der Waals surface area (Å²) in [6, 6.07) is 16.7. The van der Waals surface area contributed by atoms with Gasteiger partial charge in [0.05, 0.1) is 25.5 Å². The Bertz CT molecular complexity index is 1590. The number of nitrogens with one attached hydrogen (secondary N) is 2. The van der Waals surface area contributed by atoms with Crippen LogP contribution in [0.3, 0.4) is 0 Å². The summed E-state index contributed by atoms with van der Waals surface area (Å²) in [6.45, 7) is 1.80. The topological polar surface area (TPSA) is 122 Å². The minimum Gasteiger partial charge on any atom is -0.505 e. The SMILES string of the molecule is CNC(=O)c1ccc(OC)c(N=Nc2c(O)c(C(=O)Nc3cc(C)c(Cl)cc3OC)cc3ccccc23)c1. The summed E-state index contributed by atoms with van der Waals surface area (Å²) < 4.78 is 10.7. The number of aryl methyl sites for hydroxylation is 1. The Labute approximate surface area is 224 Å². The van der Waals surface area contributed by atoms with E-state index in [4.69, 9.17) is 21.1 Å². The van der Waals surface area contributed by atoms with E-state index >= 15 is 0 Å². The summed E-state index contributed by atoms with van der Waals surface area (Å²) in [5, 5.41) is 26.8. The molecular weight excluding hydrogens is 508 g/mol. The van der Waals surface area contributed by atoms with E-state index < -0.39 is 5.91 Å². The number of aromatic hydroxyl groups is 1.